The van der Waals surface area contributed by atoms with Crippen molar-refractivity contribution in [3.05, 3.63) is 54.0 Å². The third-order valence-electron chi connectivity index (χ3n) is 6.08. The van der Waals surface area contributed by atoms with Gasteiger partial charge in [-0.1, -0.05) is 31.4 Å². The Bertz CT molecular complexity index is 839. The fourth-order valence-corrected chi connectivity index (χ4v) is 4.32. The first-order valence-corrected chi connectivity index (χ1v) is 11.1. The van der Waals surface area contributed by atoms with E-state index < -0.39 is 0 Å². The Labute approximate surface area is 178 Å². The number of anilines is 1. The summed E-state index contributed by atoms with van der Waals surface area (Å²) in [7, 11) is 0. The standard InChI is InChI=1S/C24H31N3O3/c28-23(17-27(19-12-13-19)16-18-7-2-1-3-8-18)26-22-11-5-4-10-21(22)24(29)25-15-20-9-6-14-30-20/h4-6,9-11,14,18-19H,1-3,7-8,12-13,15-17H2,(H,25,29)(H,26,28). The lowest BCUT2D eigenvalue weighted by Gasteiger charge is -2.29. The number of hydrogen-bond acceptors (Lipinski definition) is 4. The van der Waals surface area contributed by atoms with Crippen molar-refractivity contribution in [2.45, 2.75) is 57.5 Å². The lowest BCUT2D eigenvalue weighted by atomic mass is 9.89. The first-order valence-electron chi connectivity index (χ1n) is 11.1. The van der Waals surface area contributed by atoms with Crippen LogP contribution in [0.5, 0.6) is 0 Å². The van der Waals surface area contributed by atoms with Gasteiger partial charge in [0.1, 0.15) is 5.76 Å². The molecule has 0 aliphatic heterocycles. The highest BCUT2D eigenvalue weighted by atomic mass is 16.3. The molecular formula is C24H31N3O3. The van der Waals surface area contributed by atoms with E-state index in [0.29, 0.717) is 42.1 Å². The van der Waals surface area contributed by atoms with Crippen LogP contribution in [0.4, 0.5) is 5.69 Å². The van der Waals surface area contributed by atoms with E-state index in [1.54, 1.807) is 30.5 Å². The Morgan fingerprint density at radius 2 is 1.80 bits per heavy atom. The molecule has 1 heterocycles. The zero-order valence-electron chi connectivity index (χ0n) is 17.4. The molecule has 0 unspecified atom stereocenters. The van der Waals surface area contributed by atoms with Crippen LogP contribution in [0.2, 0.25) is 0 Å². The molecule has 0 saturated heterocycles. The Hall–Kier alpha value is -2.60. The summed E-state index contributed by atoms with van der Waals surface area (Å²) in [5.74, 6) is 1.12. The van der Waals surface area contributed by atoms with Gasteiger partial charge in [-0.3, -0.25) is 14.5 Å². The monoisotopic (exact) mass is 409 g/mol. The molecule has 160 valence electrons. The van der Waals surface area contributed by atoms with Gasteiger partial charge < -0.3 is 15.1 Å². The maximum atomic E-state index is 12.8. The summed E-state index contributed by atoms with van der Waals surface area (Å²) in [5, 5.41) is 5.81. The maximum Gasteiger partial charge on any atom is 0.253 e. The van der Waals surface area contributed by atoms with Crippen molar-refractivity contribution in [2.24, 2.45) is 5.92 Å². The molecule has 6 heteroatoms. The van der Waals surface area contributed by atoms with E-state index in [0.717, 1.165) is 6.54 Å². The summed E-state index contributed by atoms with van der Waals surface area (Å²) in [6.45, 7) is 1.72. The molecule has 0 bridgehead atoms. The second kappa shape index (κ2) is 9.94. The Morgan fingerprint density at radius 3 is 2.53 bits per heavy atom. The second-order valence-corrected chi connectivity index (χ2v) is 8.52. The summed E-state index contributed by atoms with van der Waals surface area (Å²) in [6, 6.07) is 11.3. The summed E-state index contributed by atoms with van der Waals surface area (Å²) < 4.78 is 5.26. The zero-order valence-corrected chi connectivity index (χ0v) is 17.4. The molecule has 0 radical (unpaired) electrons. The van der Waals surface area contributed by atoms with Gasteiger partial charge in [0.25, 0.3) is 5.91 Å². The molecule has 0 atom stereocenters. The van der Waals surface area contributed by atoms with Crippen LogP contribution in [0.3, 0.4) is 0 Å². The number of benzene rings is 1. The molecule has 30 heavy (non-hydrogen) atoms. The first kappa shape index (κ1) is 20.7. The van der Waals surface area contributed by atoms with E-state index in [1.807, 2.05) is 12.1 Å². The van der Waals surface area contributed by atoms with Crippen molar-refractivity contribution < 1.29 is 14.0 Å². The summed E-state index contributed by atoms with van der Waals surface area (Å²) in [6.07, 6.45) is 10.5. The third-order valence-corrected chi connectivity index (χ3v) is 6.08. The van der Waals surface area contributed by atoms with Crippen LogP contribution in [0.25, 0.3) is 0 Å². The number of nitrogens with one attached hydrogen (secondary N) is 2. The highest BCUT2D eigenvalue weighted by Crippen LogP contribution is 2.31. The fourth-order valence-electron chi connectivity index (χ4n) is 4.32. The van der Waals surface area contributed by atoms with E-state index in [9.17, 15) is 9.59 Å². The molecule has 2 aliphatic carbocycles. The van der Waals surface area contributed by atoms with Crippen LogP contribution >= 0.6 is 0 Å². The molecule has 4 rings (SSSR count). The van der Waals surface area contributed by atoms with Crippen LogP contribution in [0.1, 0.15) is 61.1 Å². The molecule has 2 aromatic rings. The smallest absolute Gasteiger partial charge is 0.253 e. The van der Waals surface area contributed by atoms with Gasteiger partial charge in [-0.2, -0.15) is 0 Å². The number of nitrogens with zero attached hydrogens (tertiary/aromatic N) is 1. The van der Waals surface area contributed by atoms with E-state index in [2.05, 4.69) is 15.5 Å². The predicted molar refractivity (Wildman–Crippen MR) is 116 cm³/mol. The van der Waals surface area contributed by atoms with Gasteiger partial charge in [-0.25, -0.2) is 0 Å². The molecule has 0 spiro atoms. The molecule has 1 aromatic heterocycles. The van der Waals surface area contributed by atoms with E-state index in [1.165, 1.54) is 44.9 Å². The molecule has 2 amide bonds. The van der Waals surface area contributed by atoms with Crippen molar-refractivity contribution in [3.8, 4) is 0 Å². The number of furan rings is 1. The quantitative estimate of drug-likeness (QED) is 0.651. The summed E-state index contributed by atoms with van der Waals surface area (Å²) in [4.78, 5) is 27.8. The Morgan fingerprint density at radius 1 is 1.00 bits per heavy atom. The van der Waals surface area contributed by atoms with Gasteiger partial charge in [0.05, 0.1) is 30.6 Å². The van der Waals surface area contributed by atoms with Crippen molar-refractivity contribution in [2.75, 3.05) is 18.4 Å². The Balaban J connectivity index is 1.34. The van der Waals surface area contributed by atoms with Crippen LogP contribution in [0.15, 0.2) is 47.1 Å². The SMILES string of the molecule is O=C(CN(CC1CCCCC1)C1CC1)Nc1ccccc1C(=O)NCc1ccco1. The predicted octanol–water partition coefficient (Wildman–Crippen LogP) is 4.19. The van der Waals surface area contributed by atoms with Gasteiger partial charge in [0, 0.05) is 12.6 Å². The summed E-state index contributed by atoms with van der Waals surface area (Å²) >= 11 is 0. The highest BCUT2D eigenvalue weighted by molar-refractivity contribution is 6.04. The van der Waals surface area contributed by atoms with E-state index in [4.69, 9.17) is 4.42 Å². The lowest BCUT2D eigenvalue weighted by Crippen LogP contribution is -2.39. The van der Waals surface area contributed by atoms with Crippen molar-refractivity contribution in [1.29, 1.82) is 0 Å². The van der Waals surface area contributed by atoms with Crippen molar-refractivity contribution in [1.82, 2.24) is 10.2 Å². The second-order valence-electron chi connectivity index (χ2n) is 8.52. The molecular weight excluding hydrogens is 378 g/mol. The summed E-state index contributed by atoms with van der Waals surface area (Å²) in [5.41, 5.74) is 1.01. The van der Waals surface area contributed by atoms with Crippen LogP contribution < -0.4 is 10.6 Å². The zero-order chi connectivity index (χ0) is 20.8. The van der Waals surface area contributed by atoms with Gasteiger partial charge in [0.15, 0.2) is 0 Å². The molecule has 1 aromatic carbocycles. The topological polar surface area (TPSA) is 74.6 Å². The number of carbonyl (C=O) groups excluding carboxylic acids is 2. The fraction of sp³-hybridized carbons (Fsp3) is 0.500. The molecule has 6 nitrogen and oxygen atoms in total. The third kappa shape index (κ3) is 5.72. The van der Waals surface area contributed by atoms with Gasteiger partial charge >= 0.3 is 0 Å². The first-order chi connectivity index (χ1) is 14.7. The van der Waals surface area contributed by atoms with Crippen molar-refractivity contribution in [3.63, 3.8) is 0 Å². The normalized spacial score (nSPS) is 17.1. The molecule has 2 N–H and O–H groups in total. The van der Waals surface area contributed by atoms with Gasteiger partial charge in [-0.15, -0.1) is 0 Å². The minimum atomic E-state index is -0.233. The number of hydrogen-bond donors (Lipinski definition) is 2. The Kier molecular flexibility index (Phi) is 6.84. The van der Waals surface area contributed by atoms with E-state index in [-0.39, 0.29) is 11.8 Å². The van der Waals surface area contributed by atoms with Crippen LogP contribution in [-0.4, -0.2) is 35.8 Å². The maximum absolute atomic E-state index is 12.8. The van der Waals surface area contributed by atoms with Crippen LogP contribution in [0, 0.1) is 5.92 Å². The number of para-hydroxylation sites is 1. The highest BCUT2D eigenvalue weighted by Gasteiger charge is 2.32. The largest absolute Gasteiger partial charge is 0.467 e. The minimum absolute atomic E-state index is 0.0519. The average Bonchev–Trinajstić information content (AvgIpc) is 3.48. The van der Waals surface area contributed by atoms with E-state index >= 15 is 0 Å². The molecule has 2 saturated carbocycles. The van der Waals surface area contributed by atoms with Crippen LogP contribution in [-0.2, 0) is 11.3 Å². The van der Waals surface area contributed by atoms with Crippen molar-refractivity contribution >= 4 is 17.5 Å². The van der Waals surface area contributed by atoms with Gasteiger partial charge in [-0.05, 0) is 55.9 Å². The molecule has 2 aliphatic rings. The minimum Gasteiger partial charge on any atom is -0.467 e. The lowest BCUT2D eigenvalue weighted by molar-refractivity contribution is -0.117. The van der Waals surface area contributed by atoms with Gasteiger partial charge in [0.2, 0.25) is 5.91 Å². The number of amides is 2. The average molecular weight is 410 g/mol. The number of rotatable bonds is 9. The molecule has 2 fully saturated rings. The number of carbonyl (C=O) groups is 2.